The van der Waals surface area contributed by atoms with Gasteiger partial charge in [0.15, 0.2) is 5.69 Å². The number of nitrogens with zero attached hydrogens (tertiary/aromatic N) is 3. The number of aromatic amines is 1. The number of H-pyrrole nitrogens is 1. The first-order valence-electron chi connectivity index (χ1n) is 7.94. The highest BCUT2D eigenvalue weighted by Gasteiger charge is 2.22. The van der Waals surface area contributed by atoms with Crippen molar-refractivity contribution in [1.29, 1.82) is 0 Å². The van der Waals surface area contributed by atoms with Crippen LogP contribution in [0.15, 0.2) is 51.1 Å². The number of fused-ring (bicyclic) bond motifs is 1. The fourth-order valence-electron chi connectivity index (χ4n) is 2.54. The maximum atomic E-state index is 12.3. The fraction of sp³-hybridized carbons (Fsp3) is 0.118. The molecule has 0 bridgehead atoms. The highest BCUT2D eigenvalue weighted by atomic mass is 79.9. The molecule has 0 aliphatic heterocycles. The lowest BCUT2D eigenvalue weighted by Gasteiger charge is -2.20. The van der Waals surface area contributed by atoms with Crippen molar-refractivity contribution in [1.82, 2.24) is 4.98 Å². The third-order valence-electron chi connectivity index (χ3n) is 3.85. The van der Waals surface area contributed by atoms with Crippen molar-refractivity contribution < 1.29 is 18.3 Å². The molecule has 152 valence electrons. The predicted octanol–water partition coefficient (Wildman–Crippen LogP) is 5.02. The van der Waals surface area contributed by atoms with Crippen molar-refractivity contribution in [3.63, 3.8) is 0 Å². The summed E-state index contributed by atoms with van der Waals surface area (Å²) in [6.07, 6.45) is 0.947. The van der Waals surface area contributed by atoms with Crippen LogP contribution >= 0.6 is 39.1 Å². The molecule has 2 N–H and O–H groups in total. The summed E-state index contributed by atoms with van der Waals surface area (Å²) in [5, 5.41) is 18.3. The van der Waals surface area contributed by atoms with Crippen LogP contribution in [0.4, 0.5) is 11.4 Å². The van der Waals surface area contributed by atoms with Crippen molar-refractivity contribution in [2.24, 2.45) is 10.2 Å². The van der Waals surface area contributed by atoms with Gasteiger partial charge in [-0.25, -0.2) is 8.42 Å². The lowest BCUT2D eigenvalue weighted by Crippen LogP contribution is -2.34. The van der Waals surface area contributed by atoms with E-state index in [0.29, 0.717) is 10.9 Å². The van der Waals surface area contributed by atoms with Gasteiger partial charge in [0.2, 0.25) is 15.9 Å². The summed E-state index contributed by atoms with van der Waals surface area (Å²) in [7, 11) is -3.82. The van der Waals surface area contributed by atoms with E-state index in [-0.39, 0.29) is 27.3 Å². The smallest absolute Gasteiger partial charge is 0.285 e. The SMILES string of the molecule is CS(=O)(=O)N(CC(=O)N=Nc1c(O)[nH]c2ccc(Br)cc12)c1ccc(Cl)c(Cl)c1. The molecule has 0 spiro atoms. The first kappa shape index (κ1) is 21.6. The average molecular weight is 520 g/mol. The molecule has 1 heterocycles. The highest BCUT2D eigenvalue weighted by Crippen LogP contribution is 2.37. The second-order valence-corrected chi connectivity index (χ2v) is 9.61. The quantitative estimate of drug-likeness (QED) is 0.460. The molecule has 0 fully saturated rings. The van der Waals surface area contributed by atoms with Crippen molar-refractivity contribution in [3.05, 3.63) is 50.9 Å². The normalized spacial score (nSPS) is 12.0. The maximum Gasteiger partial charge on any atom is 0.285 e. The van der Waals surface area contributed by atoms with E-state index in [4.69, 9.17) is 23.2 Å². The van der Waals surface area contributed by atoms with Gasteiger partial charge >= 0.3 is 0 Å². The largest absolute Gasteiger partial charge is 0.493 e. The van der Waals surface area contributed by atoms with E-state index in [0.717, 1.165) is 15.0 Å². The van der Waals surface area contributed by atoms with Crippen LogP contribution in [0.2, 0.25) is 10.0 Å². The number of rotatable bonds is 5. The molecule has 3 aromatic rings. The van der Waals surface area contributed by atoms with Crippen molar-refractivity contribution >= 4 is 77.3 Å². The second-order valence-electron chi connectivity index (χ2n) is 5.97. The summed E-state index contributed by atoms with van der Waals surface area (Å²) < 4.78 is 25.9. The van der Waals surface area contributed by atoms with Gasteiger partial charge in [0.1, 0.15) is 6.54 Å². The molecule has 1 amide bonds. The number of anilines is 1. The van der Waals surface area contributed by atoms with Gasteiger partial charge < -0.3 is 10.1 Å². The monoisotopic (exact) mass is 518 g/mol. The molecule has 0 radical (unpaired) electrons. The Hall–Kier alpha value is -2.14. The molecule has 1 aromatic heterocycles. The van der Waals surface area contributed by atoms with E-state index < -0.39 is 22.5 Å². The zero-order chi connectivity index (χ0) is 21.3. The number of carbonyl (C=O) groups is 1. The first-order chi connectivity index (χ1) is 13.6. The molecule has 0 aliphatic carbocycles. The number of halogens is 3. The zero-order valence-corrected chi connectivity index (χ0v) is 18.6. The summed E-state index contributed by atoms with van der Waals surface area (Å²) in [4.78, 5) is 15.0. The summed E-state index contributed by atoms with van der Waals surface area (Å²) in [6, 6.07) is 9.36. The summed E-state index contributed by atoms with van der Waals surface area (Å²) in [6.45, 7) is -0.604. The minimum atomic E-state index is -3.82. The molecule has 2 aromatic carbocycles. The molecule has 0 saturated heterocycles. The number of aromatic hydroxyl groups is 1. The van der Waals surface area contributed by atoms with Gasteiger partial charge in [0.25, 0.3) is 5.91 Å². The number of azo groups is 1. The van der Waals surface area contributed by atoms with Crippen LogP contribution in [0.1, 0.15) is 0 Å². The maximum absolute atomic E-state index is 12.3. The van der Waals surface area contributed by atoms with Crippen molar-refractivity contribution in [2.75, 3.05) is 17.1 Å². The van der Waals surface area contributed by atoms with E-state index in [2.05, 4.69) is 31.1 Å². The molecule has 8 nitrogen and oxygen atoms in total. The van der Waals surface area contributed by atoms with Crippen LogP contribution in [0, 0.1) is 0 Å². The first-order valence-corrected chi connectivity index (χ1v) is 11.3. The van der Waals surface area contributed by atoms with E-state index in [1.165, 1.54) is 18.2 Å². The number of aromatic nitrogens is 1. The summed E-state index contributed by atoms with van der Waals surface area (Å²) in [5.74, 6) is -1.11. The Labute approximate surface area is 184 Å². The molecule has 29 heavy (non-hydrogen) atoms. The van der Waals surface area contributed by atoms with Crippen molar-refractivity contribution in [2.45, 2.75) is 0 Å². The van der Waals surface area contributed by atoms with E-state index in [1.54, 1.807) is 18.2 Å². The second kappa shape index (κ2) is 8.31. The Morgan fingerprint density at radius 1 is 1.21 bits per heavy atom. The number of nitrogens with one attached hydrogen (secondary N) is 1. The molecule has 0 aliphatic rings. The van der Waals surface area contributed by atoms with Crippen LogP contribution in [0.25, 0.3) is 10.9 Å². The van der Waals surface area contributed by atoms with Crippen LogP contribution in [0.5, 0.6) is 5.88 Å². The van der Waals surface area contributed by atoms with Gasteiger partial charge in [-0.15, -0.1) is 10.2 Å². The lowest BCUT2D eigenvalue weighted by atomic mass is 10.2. The third-order valence-corrected chi connectivity index (χ3v) is 6.22. The number of hydrogen-bond acceptors (Lipinski definition) is 5. The fourth-order valence-corrected chi connectivity index (χ4v) is 4.03. The lowest BCUT2D eigenvalue weighted by molar-refractivity contribution is -0.116. The number of hydrogen-bond donors (Lipinski definition) is 2. The van der Waals surface area contributed by atoms with Crippen LogP contribution in [0.3, 0.4) is 0 Å². The van der Waals surface area contributed by atoms with Crippen LogP contribution in [-0.4, -0.2) is 37.2 Å². The minimum absolute atomic E-state index is 0.0649. The molecular formula is C17H13BrCl2N4O4S. The van der Waals surface area contributed by atoms with E-state index in [1.807, 2.05) is 0 Å². The van der Waals surface area contributed by atoms with Gasteiger partial charge in [-0.1, -0.05) is 39.1 Å². The highest BCUT2D eigenvalue weighted by molar-refractivity contribution is 9.10. The van der Waals surface area contributed by atoms with Gasteiger partial charge in [0.05, 0.1) is 27.5 Å². The molecule has 12 heteroatoms. The summed E-state index contributed by atoms with van der Waals surface area (Å²) in [5.41, 5.74) is 0.820. The minimum Gasteiger partial charge on any atom is -0.493 e. The van der Waals surface area contributed by atoms with Crippen LogP contribution in [-0.2, 0) is 14.8 Å². The van der Waals surface area contributed by atoms with Crippen molar-refractivity contribution in [3.8, 4) is 5.88 Å². The number of benzene rings is 2. The predicted molar refractivity (Wildman–Crippen MR) is 116 cm³/mol. The Balaban J connectivity index is 1.89. The van der Waals surface area contributed by atoms with E-state index >= 15 is 0 Å². The third kappa shape index (κ3) is 4.89. The molecule has 0 unspecified atom stereocenters. The van der Waals surface area contributed by atoms with Gasteiger partial charge in [-0.2, -0.15) is 0 Å². The Morgan fingerprint density at radius 2 is 1.93 bits per heavy atom. The molecule has 0 atom stereocenters. The Kier molecular flexibility index (Phi) is 6.18. The number of sulfonamides is 1. The Bertz CT molecular complexity index is 1240. The van der Waals surface area contributed by atoms with Gasteiger partial charge in [0, 0.05) is 9.86 Å². The molecule has 3 rings (SSSR count). The summed E-state index contributed by atoms with van der Waals surface area (Å²) >= 11 is 15.1. The zero-order valence-electron chi connectivity index (χ0n) is 14.7. The Morgan fingerprint density at radius 3 is 2.59 bits per heavy atom. The standard InChI is InChI=1S/C17H13BrCl2N4O4S/c1-29(27,28)24(10-3-4-12(19)13(20)7-10)8-15(25)22-23-16-11-6-9(18)2-5-14(11)21-17(16)26/h2-7,21,26H,8H2,1H3. The molecular weight excluding hydrogens is 507 g/mol. The van der Waals surface area contributed by atoms with E-state index in [9.17, 15) is 18.3 Å². The molecule has 0 saturated carbocycles. The number of amides is 1. The number of carbonyl (C=O) groups excluding carboxylic acids is 1. The average Bonchev–Trinajstić information content (AvgIpc) is 2.94. The van der Waals surface area contributed by atoms with Gasteiger partial charge in [-0.05, 0) is 36.4 Å². The van der Waals surface area contributed by atoms with Gasteiger partial charge in [-0.3, -0.25) is 9.10 Å². The topological polar surface area (TPSA) is 115 Å². The van der Waals surface area contributed by atoms with Crippen LogP contribution < -0.4 is 4.31 Å².